The van der Waals surface area contributed by atoms with Crippen molar-refractivity contribution in [3.05, 3.63) is 54.9 Å². The van der Waals surface area contributed by atoms with Gasteiger partial charge in [0.15, 0.2) is 17.2 Å². The van der Waals surface area contributed by atoms with Crippen molar-refractivity contribution in [1.82, 2.24) is 34.8 Å². The molecule has 126 valence electrons. The van der Waals surface area contributed by atoms with Crippen molar-refractivity contribution >= 4 is 5.65 Å². The van der Waals surface area contributed by atoms with E-state index in [0.29, 0.717) is 12.2 Å². The van der Waals surface area contributed by atoms with Crippen LogP contribution in [0.15, 0.2) is 49.1 Å². The molecule has 0 saturated carbocycles. The number of hydrogen-bond acceptors (Lipinski definition) is 6. The molecule has 9 heteroatoms. The van der Waals surface area contributed by atoms with Crippen LogP contribution in [0.3, 0.4) is 0 Å². The molecule has 0 aliphatic carbocycles. The fraction of sp³-hybridized carbons (Fsp3) is 0.188. The average Bonchev–Trinajstić information content (AvgIpc) is 3.27. The molecule has 0 saturated heterocycles. The number of fused-ring (bicyclic) bond motifs is 1. The molecule has 0 radical (unpaired) electrons. The third-order valence-corrected chi connectivity index (χ3v) is 3.65. The van der Waals surface area contributed by atoms with Crippen LogP contribution in [0.4, 0.5) is 4.39 Å². The van der Waals surface area contributed by atoms with Crippen LogP contribution in [0.1, 0.15) is 6.92 Å². The van der Waals surface area contributed by atoms with Gasteiger partial charge in [0, 0.05) is 18.0 Å². The van der Waals surface area contributed by atoms with E-state index in [9.17, 15) is 4.39 Å². The number of imidazole rings is 1. The van der Waals surface area contributed by atoms with Gasteiger partial charge >= 0.3 is 0 Å². The average molecular weight is 339 g/mol. The highest BCUT2D eigenvalue weighted by Crippen LogP contribution is 2.26. The van der Waals surface area contributed by atoms with Gasteiger partial charge in [-0.15, -0.1) is 5.10 Å². The topological polar surface area (TPSA) is 83.0 Å². The highest BCUT2D eigenvalue weighted by Gasteiger charge is 2.12. The molecule has 0 spiro atoms. The second-order valence-corrected chi connectivity index (χ2v) is 5.55. The Morgan fingerprint density at radius 3 is 3.00 bits per heavy atom. The molecule has 0 aliphatic rings. The van der Waals surface area contributed by atoms with Crippen molar-refractivity contribution in [1.29, 1.82) is 0 Å². The summed E-state index contributed by atoms with van der Waals surface area (Å²) in [5.41, 5.74) is 2.20. The van der Waals surface area contributed by atoms with Gasteiger partial charge in [0.1, 0.15) is 12.4 Å². The number of nitrogens with zero attached hydrogens (tertiary/aromatic N) is 7. The summed E-state index contributed by atoms with van der Waals surface area (Å²) >= 11 is 0. The summed E-state index contributed by atoms with van der Waals surface area (Å²) < 4.78 is 23.0. The maximum absolute atomic E-state index is 14.1. The van der Waals surface area contributed by atoms with Gasteiger partial charge in [0.25, 0.3) is 0 Å². The molecule has 1 atom stereocenters. The van der Waals surface area contributed by atoms with Crippen LogP contribution in [-0.4, -0.2) is 40.9 Å². The Balaban J connectivity index is 1.59. The predicted octanol–water partition coefficient (Wildman–Crippen LogP) is 1.99. The SMILES string of the molecule is C[C@@H](Cn1cnnn1)Oc1cc(-c2ccc3nccn3n2)ccc1F. The molecule has 0 N–H and O–H groups in total. The molecule has 1 aromatic carbocycles. The second-order valence-electron chi connectivity index (χ2n) is 5.55. The van der Waals surface area contributed by atoms with Crippen molar-refractivity contribution in [3.8, 4) is 17.0 Å². The Morgan fingerprint density at radius 2 is 2.16 bits per heavy atom. The van der Waals surface area contributed by atoms with E-state index in [1.54, 1.807) is 29.0 Å². The Kier molecular flexibility index (Phi) is 3.81. The summed E-state index contributed by atoms with van der Waals surface area (Å²) in [7, 11) is 0. The van der Waals surface area contributed by atoms with Crippen LogP contribution in [0.2, 0.25) is 0 Å². The summed E-state index contributed by atoms with van der Waals surface area (Å²) in [4.78, 5) is 4.16. The van der Waals surface area contributed by atoms with E-state index >= 15 is 0 Å². The molecule has 0 bridgehead atoms. The molecule has 0 aliphatic heterocycles. The minimum Gasteiger partial charge on any atom is -0.486 e. The summed E-state index contributed by atoms with van der Waals surface area (Å²) in [5, 5.41) is 15.4. The van der Waals surface area contributed by atoms with Gasteiger partial charge in [-0.05, 0) is 47.7 Å². The van der Waals surface area contributed by atoms with E-state index < -0.39 is 5.82 Å². The molecule has 4 rings (SSSR count). The molecule has 0 fully saturated rings. The van der Waals surface area contributed by atoms with Gasteiger partial charge in [-0.2, -0.15) is 5.10 Å². The zero-order chi connectivity index (χ0) is 17.2. The lowest BCUT2D eigenvalue weighted by Crippen LogP contribution is -2.20. The predicted molar refractivity (Wildman–Crippen MR) is 86.3 cm³/mol. The lowest BCUT2D eigenvalue weighted by Gasteiger charge is -2.15. The van der Waals surface area contributed by atoms with Crippen LogP contribution in [0, 0.1) is 5.82 Å². The smallest absolute Gasteiger partial charge is 0.165 e. The monoisotopic (exact) mass is 339 g/mol. The van der Waals surface area contributed by atoms with E-state index in [0.717, 1.165) is 11.2 Å². The molecule has 3 heterocycles. The van der Waals surface area contributed by atoms with Crippen molar-refractivity contribution in [2.75, 3.05) is 0 Å². The summed E-state index contributed by atoms with van der Waals surface area (Å²) in [6.07, 6.45) is 4.61. The molecular formula is C16H14FN7O. The van der Waals surface area contributed by atoms with Crippen molar-refractivity contribution < 1.29 is 9.13 Å². The Hall–Kier alpha value is -3.36. The number of tetrazole rings is 1. The summed E-state index contributed by atoms with van der Waals surface area (Å²) in [5.74, 6) is -0.276. The molecule has 3 aromatic heterocycles. The fourth-order valence-corrected chi connectivity index (χ4v) is 2.50. The number of rotatable bonds is 5. The first-order chi connectivity index (χ1) is 12.2. The van der Waals surface area contributed by atoms with E-state index in [-0.39, 0.29) is 11.9 Å². The maximum atomic E-state index is 14.1. The van der Waals surface area contributed by atoms with E-state index in [4.69, 9.17) is 4.74 Å². The minimum atomic E-state index is -0.434. The Labute approximate surface area is 141 Å². The minimum absolute atomic E-state index is 0.158. The van der Waals surface area contributed by atoms with Gasteiger partial charge < -0.3 is 4.74 Å². The number of ether oxygens (including phenoxy) is 1. The van der Waals surface area contributed by atoms with Gasteiger partial charge in [-0.3, -0.25) is 0 Å². The lowest BCUT2D eigenvalue weighted by molar-refractivity contribution is 0.185. The van der Waals surface area contributed by atoms with Crippen LogP contribution in [0.5, 0.6) is 5.75 Å². The number of benzene rings is 1. The molecule has 0 amide bonds. The summed E-state index contributed by atoms with van der Waals surface area (Å²) in [6, 6.07) is 8.36. The normalized spacial score (nSPS) is 12.4. The number of hydrogen-bond donors (Lipinski definition) is 0. The fourth-order valence-electron chi connectivity index (χ4n) is 2.50. The van der Waals surface area contributed by atoms with Gasteiger partial charge in [-0.1, -0.05) is 0 Å². The molecule has 0 unspecified atom stereocenters. The standard InChI is InChI=1S/C16H14FN7O/c1-11(9-23-10-19-21-22-23)25-15-8-12(2-3-13(15)17)14-4-5-16-18-6-7-24(16)20-14/h2-8,10-11H,9H2,1H3/t11-/m0/s1. The molecular weight excluding hydrogens is 325 g/mol. The van der Waals surface area contributed by atoms with Gasteiger partial charge in [0.05, 0.1) is 12.2 Å². The zero-order valence-electron chi connectivity index (χ0n) is 13.3. The first-order valence-corrected chi connectivity index (χ1v) is 7.67. The number of aromatic nitrogens is 7. The molecule has 8 nitrogen and oxygen atoms in total. The highest BCUT2D eigenvalue weighted by atomic mass is 19.1. The van der Waals surface area contributed by atoms with Crippen LogP contribution in [-0.2, 0) is 6.54 Å². The van der Waals surface area contributed by atoms with Gasteiger partial charge in [0.2, 0.25) is 0 Å². The Bertz CT molecular complexity index is 999. The van der Waals surface area contributed by atoms with E-state index in [1.807, 2.05) is 19.1 Å². The molecule has 4 aromatic rings. The largest absolute Gasteiger partial charge is 0.486 e. The van der Waals surface area contributed by atoms with Crippen molar-refractivity contribution in [2.24, 2.45) is 0 Å². The molecule has 25 heavy (non-hydrogen) atoms. The third kappa shape index (κ3) is 3.16. The number of halogens is 1. The van der Waals surface area contributed by atoms with Crippen LogP contribution in [0.25, 0.3) is 16.9 Å². The van der Waals surface area contributed by atoms with E-state index in [1.165, 1.54) is 17.1 Å². The van der Waals surface area contributed by atoms with Gasteiger partial charge in [-0.25, -0.2) is 18.6 Å². The zero-order valence-corrected chi connectivity index (χ0v) is 13.3. The lowest BCUT2D eigenvalue weighted by atomic mass is 10.1. The van der Waals surface area contributed by atoms with Crippen molar-refractivity contribution in [3.63, 3.8) is 0 Å². The van der Waals surface area contributed by atoms with Crippen molar-refractivity contribution in [2.45, 2.75) is 19.6 Å². The van der Waals surface area contributed by atoms with E-state index in [2.05, 4.69) is 25.6 Å². The quantitative estimate of drug-likeness (QED) is 0.553. The Morgan fingerprint density at radius 1 is 1.24 bits per heavy atom. The summed E-state index contributed by atoms with van der Waals surface area (Å²) in [6.45, 7) is 2.24. The first-order valence-electron chi connectivity index (χ1n) is 7.67. The third-order valence-electron chi connectivity index (χ3n) is 3.65. The highest BCUT2D eigenvalue weighted by molar-refractivity contribution is 5.62. The maximum Gasteiger partial charge on any atom is 0.165 e. The second kappa shape index (κ2) is 6.27. The van der Waals surface area contributed by atoms with Crippen LogP contribution < -0.4 is 4.74 Å². The first kappa shape index (κ1) is 15.2. The van der Waals surface area contributed by atoms with Crippen LogP contribution >= 0.6 is 0 Å².